The molecule has 0 unspecified atom stereocenters. The van der Waals surface area contributed by atoms with Crippen molar-refractivity contribution in [1.29, 1.82) is 5.26 Å². The summed E-state index contributed by atoms with van der Waals surface area (Å²) in [4.78, 5) is 28.2. The van der Waals surface area contributed by atoms with Crippen LogP contribution in [-0.2, 0) is 16.6 Å². The molecule has 0 aliphatic carbocycles. The first-order chi connectivity index (χ1) is 16.3. The number of hydrogen-bond donors (Lipinski definition) is 2. The predicted molar refractivity (Wildman–Crippen MR) is 129 cm³/mol. The van der Waals surface area contributed by atoms with E-state index in [1.807, 2.05) is 24.3 Å². The van der Waals surface area contributed by atoms with Gasteiger partial charge >= 0.3 is 6.03 Å². The summed E-state index contributed by atoms with van der Waals surface area (Å²) in [5.74, 6) is -0.633. The molecular weight excluding hydrogens is 431 g/mol. The number of carbonyl (C=O) groups is 2. The molecule has 0 fully saturated rings. The van der Waals surface area contributed by atoms with Gasteiger partial charge in [-0.2, -0.15) is 5.26 Å². The van der Waals surface area contributed by atoms with Crippen LogP contribution in [0.2, 0.25) is 0 Å². The van der Waals surface area contributed by atoms with E-state index in [4.69, 9.17) is 5.26 Å². The van der Waals surface area contributed by atoms with Gasteiger partial charge in [0.15, 0.2) is 0 Å². The fourth-order valence-corrected chi connectivity index (χ4v) is 4.24. The minimum Gasteiger partial charge on any atom is -0.326 e. The fraction of sp³-hybridized carbons (Fsp3) is 0.222. The molecule has 3 amide bonds. The van der Waals surface area contributed by atoms with Crippen molar-refractivity contribution in [1.82, 2.24) is 5.32 Å². The second kappa shape index (κ2) is 9.36. The molecule has 0 bridgehead atoms. The third kappa shape index (κ3) is 4.91. The monoisotopic (exact) mass is 456 g/mol. The third-order valence-corrected chi connectivity index (χ3v) is 5.97. The van der Waals surface area contributed by atoms with Crippen molar-refractivity contribution in [3.05, 3.63) is 95.3 Å². The number of anilines is 2. The van der Waals surface area contributed by atoms with Gasteiger partial charge in [0.2, 0.25) is 5.91 Å². The van der Waals surface area contributed by atoms with Crippen LogP contribution in [-0.4, -0.2) is 24.5 Å². The topological polar surface area (TPSA) is 85.2 Å². The zero-order valence-electron chi connectivity index (χ0n) is 19.0. The van der Waals surface area contributed by atoms with Crippen LogP contribution >= 0.6 is 0 Å². The maximum Gasteiger partial charge on any atom is 0.319 e. The van der Waals surface area contributed by atoms with Gasteiger partial charge in [-0.05, 0) is 53.6 Å². The highest BCUT2D eigenvalue weighted by atomic mass is 19.1. The van der Waals surface area contributed by atoms with Gasteiger partial charge in [-0.15, -0.1) is 0 Å². The maximum atomic E-state index is 13.7. The highest BCUT2D eigenvalue weighted by molar-refractivity contribution is 6.02. The molecule has 3 aromatic carbocycles. The van der Waals surface area contributed by atoms with Gasteiger partial charge in [0.1, 0.15) is 11.9 Å². The predicted octanol–water partition coefficient (Wildman–Crippen LogP) is 4.75. The Labute approximate surface area is 198 Å². The molecule has 3 aromatic rings. The molecule has 1 heterocycles. The van der Waals surface area contributed by atoms with Crippen LogP contribution in [0, 0.1) is 17.1 Å². The average Bonchev–Trinajstić information content (AvgIpc) is 3.11. The summed E-state index contributed by atoms with van der Waals surface area (Å²) >= 11 is 0. The maximum absolute atomic E-state index is 13.7. The highest BCUT2D eigenvalue weighted by Crippen LogP contribution is 2.40. The Morgan fingerprint density at radius 3 is 2.41 bits per heavy atom. The largest absolute Gasteiger partial charge is 0.326 e. The van der Waals surface area contributed by atoms with Crippen molar-refractivity contribution in [3.8, 4) is 6.07 Å². The molecule has 0 radical (unpaired) electrons. The molecule has 1 atom stereocenters. The summed E-state index contributed by atoms with van der Waals surface area (Å²) < 4.78 is 13.2. The van der Waals surface area contributed by atoms with Gasteiger partial charge in [-0.25, -0.2) is 9.18 Å². The van der Waals surface area contributed by atoms with E-state index in [1.165, 1.54) is 24.3 Å². The molecule has 0 saturated carbocycles. The Bertz CT molecular complexity index is 1250. The van der Waals surface area contributed by atoms with Gasteiger partial charge in [-0.1, -0.05) is 44.2 Å². The molecule has 0 spiro atoms. The van der Waals surface area contributed by atoms with E-state index in [9.17, 15) is 14.0 Å². The fourth-order valence-electron chi connectivity index (χ4n) is 4.24. The second-order valence-corrected chi connectivity index (χ2v) is 9.00. The number of hydrogen-bond acceptors (Lipinski definition) is 3. The van der Waals surface area contributed by atoms with Crippen LogP contribution in [0.5, 0.6) is 0 Å². The van der Waals surface area contributed by atoms with Crippen LogP contribution in [0.4, 0.5) is 20.6 Å². The quantitative estimate of drug-likeness (QED) is 0.581. The molecule has 0 saturated heterocycles. The zero-order valence-corrected chi connectivity index (χ0v) is 19.0. The third-order valence-electron chi connectivity index (χ3n) is 5.97. The van der Waals surface area contributed by atoms with Gasteiger partial charge < -0.3 is 15.5 Å². The summed E-state index contributed by atoms with van der Waals surface area (Å²) in [5.41, 5.74) is 3.44. The number of benzene rings is 3. The van der Waals surface area contributed by atoms with E-state index in [2.05, 4.69) is 30.6 Å². The van der Waals surface area contributed by atoms with Crippen LogP contribution in [0.15, 0.2) is 72.8 Å². The number of urea groups is 1. The standard InChI is InChI=1S/C27H25FN4O2/c1-27(2)17-32(24-6-4-3-5-22(24)27)25(33)23(15-18-7-9-19(16-29)10-8-18)31-26(34)30-21-13-11-20(28)12-14-21/h3-14,23H,15,17H2,1-2H3,(H2,30,31,34)/t23-/m0/s1. The Hall–Kier alpha value is -4.18. The van der Waals surface area contributed by atoms with Crippen LogP contribution in [0.3, 0.4) is 0 Å². The first kappa shape index (κ1) is 23.0. The Morgan fingerprint density at radius 2 is 1.74 bits per heavy atom. The van der Waals surface area contributed by atoms with E-state index >= 15 is 0 Å². The molecule has 34 heavy (non-hydrogen) atoms. The second-order valence-electron chi connectivity index (χ2n) is 9.00. The van der Waals surface area contributed by atoms with E-state index in [-0.39, 0.29) is 17.7 Å². The molecule has 1 aliphatic rings. The SMILES string of the molecule is CC1(C)CN(C(=O)[C@H](Cc2ccc(C#N)cc2)NC(=O)Nc2ccc(F)cc2)c2ccccc21. The molecular formula is C27H25FN4O2. The molecule has 2 N–H and O–H groups in total. The van der Waals surface area contributed by atoms with Gasteiger partial charge in [0.25, 0.3) is 0 Å². The first-order valence-corrected chi connectivity index (χ1v) is 11.0. The van der Waals surface area contributed by atoms with Crippen molar-refractivity contribution in [2.24, 2.45) is 0 Å². The van der Waals surface area contributed by atoms with Crippen LogP contribution in [0.25, 0.3) is 0 Å². The number of para-hydroxylation sites is 1. The smallest absolute Gasteiger partial charge is 0.319 e. The van der Waals surface area contributed by atoms with E-state index in [1.54, 1.807) is 29.2 Å². The number of nitrogens with one attached hydrogen (secondary N) is 2. The summed E-state index contributed by atoms with van der Waals surface area (Å²) in [6.45, 7) is 4.67. The number of carbonyl (C=O) groups excluding carboxylic acids is 2. The molecule has 0 aromatic heterocycles. The minimum atomic E-state index is -0.852. The van der Waals surface area contributed by atoms with Crippen molar-refractivity contribution in [3.63, 3.8) is 0 Å². The summed E-state index contributed by atoms with van der Waals surface area (Å²) in [6.07, 6.45) is 0.250. The lowest BCUT2D eigenvalue weighted by molar-refractivity contribution is -0.120. The number of nitrogens with zero attached hydrogens (tertiary/aromatic N) is 2. The summed E-state index contributed by atoms with van der Waals surface area (Å²) in [7, 11) is 0. The molecule has 172 valence electrons. The minimum absolute atomic E-state index is 0.221. The zero-order chi connectivity index (χ0) is 24.3. The molecule has 6 nitrogen and oxygen atoms in total. The average molecular weight is 457 g/mol. The number of halogens is 1. The van der Waals surface area contributed by atoms with Crippen LogP contribution in [0.1, 0.15) is 30.5 Å². The van der Waals surface area contributed by atoms with Gasteiger partial charge in [0.05, 0.1) is 11.6 Å². The summed E-state index contributed by atoms with van der Waals surface area (Å²) in [6, 6.07) is 20.8. The first-order valence-electron chi connectivity index (χ1n) is 11.0. The van der Waals surface area contributed by atoms with Crippen molar-refractivity contribution >= 4 is 23.3 Å². The Kier molecular flexibility index (Phi) is 6.33. The van der Waals surface area contributed by atoms with Gasteiger partial charge in [0, 0.05) is 29.8 Å². The normalized spacial score (nSPS) is 14.6. The lowest BCUT2D eigenvalue weighted by Gasteiger charge is -2.26. The number of fused-ring (bicyclic) bond motifs is 1. The Morgan fingerprint density at radius 1 is 1.06 bits per heavy atom. The van der Waals surface area contributed by atoms with E-state index < -0.39 is 17.9 Å². The molecule has 1 aliphatic heterocycles. The molecule has 7 heteroatoms. The highest BCUT2D eigenvalue weighted by Gasteiger charge is 2.40. The number of amides is 3. The molecule has 4 rings (SSSR count). The lowest BCUT2D eigenvalue weighted by atomic mass is 9.87. The Balaban J connectivity index is 1.59. The van der Waals surface area contributed by atoms with E-state index in [0.717, 1.165) is 16.8 Å². The van der Waals surface area contributed by atoms with Gasteiger partial charge in [-0.3, -0.25) is 4.79 Å². The number of rotatable bonds is 5. The van der Waals surface area contributed by atoms with Crippen molar-refractivity contribution in [2.45, 2.75) is 31.7 Å². The number of nitriles is 1. The van der Waals surface area contributed by atoms with Crippen molar-refractivity contribution < 1.29 is 14.0 Å². The van der Waals surface area contributed by atoms with Crippen LogP contribution < -0.4 is 15.5 Å². The summed E-state index contributed by atoms with van der Waals surface area (Å²) in [5, 5.41) is 14.5. The van der Waals surface area contributed by atoms with Crippen molar-refractivity contribution in [2.75, 3.05) is 16.8 Å². The lowest BCUT2D eigenvalue weighted by Crippen LogP contribution is -2.51. The van der Waals surface area contributed by atoms with E-state index in [0.29, 0.717) is 17.8 Å².